The SMILES string of the molecule is Cc1ccnc(-n2c(Sc3cccc(C#N)n3)nc3ccccc3c2=O)c1. The van der Waals surface area contributed by atoms with Crippen molar-refractivity contribution in [3.8, 4) is 11.9 Å². The molecule has 0 aliphatic rings. The minimum atomic E-state index is -0.197. The zero-order chi connectivity index (χ0) is 18.8. The number of pyridine rings is 2. The monoisotopic (exact) mass is 371 g/mol. The molecule has 4 rings (SSSR count). The van der Waals surface area contributed by atoms with Gasteiger partial charge in [-0.05, 0) is 60.6 Å². The fraction of sp³-hybridized carbons (Fsp3) is 0.0500. The van der Waals surface area contributed by atoms with Gasteiger partial charge < -0.3 is 0 Å². The smallest absolute Gasteiger partial charge is 0.267 e. The quantitative estimate of drug-likeness (QED) is 0.513. The summed E-state index contributed by atoms with van der Waals surface area (Å²) in [4.78, 5) is 26.5. The highest BCUT2D eigenvalue weighted by Crippen LogP contribution is 2.26. The maximum absolute atomic E-state index is 13.2. The molecule has 0 atom stereocenters. The molecule has 0 aliphatic heterocycles. The van der Waals surface area contributed by atoms with Crippen molar-refractivity contribution >= 4 is 22.7 Å². The van der Waals surface area contributed by atoms with E-state index in [2.05, 4.69) is 15.0 Å². The Balaban J connectivity index is 1.96. The van der Waals surface area contributed by atoms with Crippen molar-refractivity contribution in [3.05, 3.63) is 82.4 Å². The highest BCUT2D eigenvalue weighted by Gasteiger charge is 2.15. The van der Waals surface area contributed by atoms with Crippen LogP contribution in [0, 0.1) is 18.3 Å². The number of fused-ring (bicyclic) bond motifs is 1. The van der Waals surface area contributed by atoms with Crippen LogP contribution >= 0.6 is 11.8 Å². The van der Waals surface area contributed by atoms with E-state index in [1.54, 1.807) is 36.5 Å². The molecule has 0 N–H and O–H groups in total. The van der Waals surface area contributed by atoms with E-state index in [4.69, 9.17) is 5.26 Å². The van der Waals surface area contributed by atoms with Crippen LogP contribution in [0.15, 0.2) is 75.8 Å². The molecule has 0 unspecified atom stereocenters. The summed E-state index contributed by atoms with van der Waals surface area (Å²) in [6.45, 7) is 1.94. The number of nitrogens with zero attached hydrogens (tertiary/aromatic N) is 5. The molecule has 6 nitrogen and oxygen atoms in total. The number of aryl methyl sites for hydroxylation is 1. The molecule has 1 aromatic carbocycles. The first-order valence-corrected chi connectivity index (χ1v) is 8.97. The lowest BCUT2D eigenvalue weighted by Crippen LogP contribution is -2.22. The molecule has 0 bridgehead atoms. The predicted octanol–water partition coefficient (Wildman–Crippen LogP) is 3.51. The lowest BCUT2D eigenvalue weighted by molar-refractivity contribution is 0.793. The average molecular weight is 371 g/mol. The van der Waals surface area contributed by atoms with Crippen LogP contribution in [-0.2, 0) is 0 Å². The van der Waals surface area contributed by atoms with Crippen molar-refractivity contribution in [2.45, 2.75) is 17.1 Å². The van der Waals surface area contributed by atoms with Crippen LogP contribution in [0.5, 0.6) is 0 Å². The van der Waals surface area contributed by atoms with Gasteiger partial charge in [-0.3, -0.25) is 4.79 Å². The Labute approximate surface area is 159 Å². The summed E-state index contributed by atoms with van der Waals surface area (Å²) in [5, 5.41) is 10.6. The van der Waals surface area contributed by atoms with Gasteiger partial charge in [-0.1, -0.05) is 18.2 Å². The van der Waals surface area contributed by atoms with Gasteiger partial charge in [0.15, 0.2) is 5.16 Å². The normalized spacial score (nSPS) is 10.7. The molecule has 7 heteroatoms. The first-order valence-electron chi connectivity index (χ1n) is 8.15. The molecule has 0 fully saturated rings. The Morgan fingerprint density at radius 2 is 1.93 bits per heavy atom. The van der Waals surface area contributed by atoms with E-state index in [0.717, 1.165) is 5.56 Å². The van der Waals surface area contributed by atoms with Crippen molar-refractivity contribution in [3.63, 3.8) is 0 Å². The fourth-order valence-electron chi connectivity index (χ4n) is 2.65. The van der Waals surface area contributed by atoms with E-state index in [1.807, 2.05) is 37.3 Å². The molecular formula is C20H13N5OS. The van der Waals surface area contributed by atoms with Crippen LogP contribution in [0.3, 0.4) is 0 Å². The van der Waals surface area contributed by atoms with Crippen molar-refractivity contribution in [1.29, 1.82) is 5.26 Å². The molecular weight excluding hydrogens is 358 g/mol. The zero-order valence-electron chi connectivity index (χ0n) is 14.3. The Bertz CT molecular complexity index is 1260. The van der Waals surface area contributed by atoms with Crippen LogP contribution < -0.4 is 5.56 Å². The zero-order valence-corrected chi connectivity index (χ0v) is 15.1. The topological polar surface area (TPSA) is 84.5 Å². The van der Waals surface area contributed by atoms with Crippen LogP contribution in [0.25, 0.3) is 16.7 Å². The molecule has 0 amide bonds. The Morgan fingerprint density at radius 1 is 1.07 bits per heavy atom. The summed E-state index contributed by atoms with van der Waals surface area (Å²) in [5.41, 5.74) is 1.70. The molecule has 0 saturated heterocycles. The molecule has 0 radical (unpaired) electrons. The van der Waals surface area contributed by atoms with E-state index in [-0.39, 0.29) is 5.56 Å². The van der Waals surface area contributed by atoms with Gasteiger partial charge in [0.25, 0.3) is 5.56 Å². The van der Waals surface area contributed by atoms with Gasteiger partial charge in [0.05, 0.1) is 10.9 Å². The standard InChI is InChI=1S/C20H13N5OS/c1-13-9-10-22-17(11-13)25-19(26)15-6-2-3-7-16(15)24-20(25)27-18-8-4-5-14(12-21)23-18/h2-11H,1H3. The summed E-state index contributed by atoms with van der Waals surface area (Å²) >= 11 is 1.22. The number of para-hydroxylation sites is 1. The third-order valence-corrected chi connectivity index (χ3v) is 4.80. The number of aromatic nitrogens is 4. The number of benzene rings is 1. The molecule has 4 aromatic rings. The summed E-state index contributed by atoms with van der Waals surface area (Å²) in [6, 6.07) is 18.1. The van der Waals surface area contributed by atoms with Crippen LogP contribution in [0.1, 0.15) is 11.3 Å². The third kappa shape index (κ3) is 3.30. The van der Waals surface area contributed by atoms with Gasteiger partial charge in [0.2, 0.25) is 0 Å². The van der Waals surface area contributed by atoms with E-state index in [9.17, 15) is 4.79 Å². The van der Waals surface area contributed by atoms with Crippen LogP contribution in [0.4, 0.5) is 0 Å². The summed E-state index contributed by atoms with van der Waals surface area (Å²) in [6.07, 6.45) is 1.66. The molecule has 27 heavy (non-hydrogen) atoms. The highest BCUT2D eigenvalue weighted by atomic mass is 32.2. The lowest BCUT2D eigenvalue weighted by Gasteiger charge is -2.12. The van der Waals surface area contributed by atoms with Crippen molar-refractivity contribution < 1.29 is 0 Å². The summed E-state index contributed by atoms with van der Waals surface area (Å²) in [7, 11) is 0. The first-order chi connectivity index (χ1) is 13.2. The molecule has 130 valence electrons. The van der Waals surface area contributed by atoms with Gasteiger partial charge in [-0.25, -0.2) is 19.5 Å². The second-order valence-electron chi connectivity index (χ2n) is 5.82. The molecule has 0 aliphatic carbocycles. The van der Waals surface area contributed by atoms with E-state index >= 15 is 0 Å². The average Bonchev–Trinajstić information content (AvgIpc) is 2.68. The number of rotatable bonds is 3. The highest BCUT2D eigenvalue weighted by molar-refractivity contribution is 7.99. The Morgan fingerprint density at radius 3 is 2.74 bits per heavy atom. The maximum Gasteiger partial charge on any atom is 0.267 e. The van der Waals surface area contributed by atoms with Crippen molar-refractivity contribution in [2.75, 3.05) is 0 Å². The molecule has 0 spiro atoms. The molecule has 3 aromatic heterocycles. The van der Waals surface area contributed by atoms with Crippen molar-refractivity contribution in [1.82, 2.24) is 19.5 Å². The number of nitriles is 1. The fourth-order valence-corrected chi connectivity index (χ4v) is 3.54. The third-order valence-electron chi connectivity index (χ3n) is 3.91. The Hall–Kier alpha value is -3.50. The minimum absolute atomic E-state index is 0.197. The molecule has 0 saturated carbocycles. The van der Waals surface area contributed by atoms with Crippen LogP contribution in [-0.4, -0.2) is 19.5 Å². The van der Waals surface area contributed by atoms with Crippen molar-refractivity contribution in [2.24, 2.45) is 0 Å². The predicted molar refractivity (Wildman–Crippen MR) is 103 cm³/mol. The lowest BCUT2D eigenvalue weighted by atomic mass is 10.2. The van der Waals surface area contributed by atoms with E-state index < -0.39 is 0 Å². The van der Waals surface area contributed by atoms with Gasteiger partial charge in [0, 0.05) is 6.20 Å². The largest absolute Gasteiger partial charge is 0.268 e. The summed E-state index contributed by atoms with van der Waals surface area (Å²) < 4.78 is 1.49. The van der Waals surface area contributed by atoms with Gasteiger partial charge in [0.1, 0.15) is 22.6 Å². The Kier molecular flexibility index (Phi) is 4.40. The second-order valence-corrected chi connectivity index (χ2v) is 6.81. The van der Waals surface area contributed by atoms with Crippen LogP contribution in [0.2, 0.25) is 0 Å². The van der Waals surface area contributed by atoms with E-state index in [0.29, 0.717) is 32.6 Å². The van der Waals surface area contributed by atoms with E-state index in [1.165, 1.54) is 16.3 Å². The number of hydrogen-bond acceptors (Lipinski definition) is 6. The summed E-state index contributed by atoms with van der Waals surface area (Å²) in [5.74, 6) is 0.497. The maximum atomic E-state index is 13.2. The van der Waals surface area contributed by atoms with Gasteiger partial charge in [-0.15, -0.1) is 0 Å². The molecule has 3 heterocycles. The van der Waals surface area contributed by atoms with Gasteiger partial charge >= 0.3 is 0 Å². The number of hydrogen-bond donors (Lipinski definition) is 0. The second kappa shape index (κ2) is 7.02. The van der Waals surface area contributed by atoms with Gasteiger partial charge in [-0.2, -0.15) is 5.26 Å². The minimum Gasteiger partial charge on any atom is -0.268 e. The first kappa shape index (κ1) is 16.9.